The zero-order valence-electron chi connectivity index (χ0n) is 15.0. The van der Waals surface area contributed by atoms with E-state index in [1.807, 2.05) is 26.0 Å². The quantitative estimate of drug-likeness (QED) is 0.598. The first-order valence-electron chi connectivity index (χ1n) is 8.31. The van der Waals surface area contributed by atoms with Gasteiger partial charge in [0.05, 0.1) is 22.3 Å². The smallest absolute Gasteiger partial charge is 0.336 e. The summed E-state index contributed by atoms with van der Waals surface area (Å²) in [6.45, 7) is 5.49. The van der Waals surface area contributed by atoms with E-state index in [4.69, 9.17) is 0 Å². The molecule has 4 rings (SSSR count). The lowest BCUT2D eigenvalue weighted by Gasteiger charge is -2.07. The van der Waals surface area contributed by atoms with Crippen LogP contribution in [0.15, 0.2) is 36.7 Å². The van der Waals surface area contributed by atoms with Crippen LogP contribution in [-0.4, -0.2) is 40.8 Å². The largest absolute Gasteiger partial charge is 0.478 e. The van der Waals surface area contributed by atoms with Crippen molar-refractivity contribution in [3.63, 3.8) is 0 Å². The molecule has 4 aromatic heterocycles. The Labute approximate surface area is 154 Å². The molecule has 1 N–H and O–H groups in total. The third-order valence-electron chi connectivity index (χ3n) is 4.16. The van der Waals surface area contributed by atoms with E-state index < -0.39 is 5.97 Å². The molecule has 27 heavy (non-hydrogen) atoms. The number of pyridine rings is 2. The number of carboxylic acids is 1. The van der Waals surface area contributed by atoms with Crippen molar-refractivity contribution in [3.05, 3.63) is 59.3 Å². The van der Waals surface area contributed by atoms with Crippen LogP contribution in [0.25, 0.3) is 28.2 Å². The number of aromatic nitrogens is 6. The van der Waals surface area contributed by atoms with Gasteiger partial charge in [0.15, 0.2) is 5.65 Å². The Hall–Kier alpha value is -3.68. The lowest BCUT2D eigenvalue weighted by Crippen LogP contribution is -2.07. The molecule has 0 aliphatic rings. The summed E-state index contributed by atoms with van der Waals surface area (Å²) < 4.78 is 1.50. The van der Waals surface area contributed by atoms with Crippen LogP contribution in [0.1, 0.15) is 27.4 Å². The van der Waals surface area contributed by atoms with Crippen molar-refractivity contribution < 1.29 is 9.90 Å². The Morgan fingerprint density at radius 1 is 1.07 bits per heavy atom. The topological polar surface area (TPSA) is 107 Å². The zero-order chi connectivity index (χ0) is 19.1. The van der Waals surface area contributed by atoms with Crippen molar-refractivity contribution in [2.45, 2.75) is 20.8 Å². The van der Waals surface area contributed by atoms with Crippen molar-refractivity contribution >= 4 is 17.0 Å². The number of aromatic carboxylic acids is 1. The van der Waals surface area contributed by atoms with E-state index >= 15 is 0 Å². The summed E-state index contributed by atoms with van der Waals surface area (Å²) in [6.07, 6.45) is 3.29. The molecule has 0 atom stereocenters. The van der Waals surface area contributed by atoms with Crippen LogP contribution in [0.4, 0.5) is 0 Å². The Morgan fingerprint density at radius 3 is 2.44 bits per heavy atom. The standard InChI is InChI=1S/C19H16N6O2/c1-10-7-11(2)22-19(21-10)25-17-16(12(3)24-25)14(18(26)27)8-15(23-17)13-5-4-6-20-9-13/h4-9H,1-3H3,(H,26,27). The van der Waals surface area contributed by atoms with E-state index in [1.54, 1.807) is 31.5 Å². The summed E-state index contributed by atoms with van der Waals surface area (Å²) in [4.78, 5) is 29.5. The van der Waals surface area contributed by atoms with Crippen molar-refractivity contribution in [2.75, 3.05) is 0 Å². The molecule has 0 radical (unpaired) electrons. The third-order valence-corrected chi connectivity index (χ3v) is 4.16. The van der Waals surface area contributed by atoms with Crippen LogP contribution in [0.3, 0.4) is 0 Å². The maximum atomic E-state index is 11.9. The highest BCUT2D eigenvalue weighted by Gasteiger charge is 2.21. The van der Waals surface area contributed by atoms with Crippen LogP contribution in [0.2, 0.25) is 0 Å². The Balaban J connectivity index is 2.07. The average Bonchev–Trinajstić information content (AvgIpc) is 2.98. The molecule has 4 heterocycles. The first kappa shape index (κ1) is 16.8. The van der Waals surface area contributed by atoms with Gasteiger partial charge in [-0.05, 0) is 45.0 Å². The van der Waals surface area contributed by atoms with Crippen LogP contribution >= 0.6 is 0 Å². The summed E-state index contributed by atoms with van der Waals surface area (Å²) in [5.74, 6) is -0.686. The molecule has 0 aliphatic carbocycles. The van der Waals surface area contributed by atoms with Crippen molar-refractivity contribution in [3.8, 4) is 17.2 Å². The number of carbonyl (C=O) groups is 1. The van der Waals surface area contributed by atoms with E-state index in [9.17, 15) is 9.90 Å². The van der Waals surface area contributed by atoms with E-state index in [1.165, 1.54) is 4.68 Å². The molecule has 4 aromatic rings. The van der Waals surface area contributed by atoms with Gasteiger partial charge in [0.2, 0.25) is 0 Å². The first-order valence-corrected chi connectivity index (χ1v) is 8.31. The summed E-state index contributed by atoms with van der Waals surface area (Å²) in [5, 5.41) is 14.7. The fourth-order valence-corrected chi connectivity index (χ4v) is 3.06. The number of rotatable bonds is 3. The Morgan fingerprint density at radius 2 is 1.81 bits per heavy atom. The molecule has 8 heteroatoms. The van der Waals surface area contributed by atoms with Gasteiger partial charge in [-0.15, -0.1) is 0 Å². The molecule has 0 saturated heterocycles. The molecular weight excluding hydrogens is 344 g/mol. The Kier molecular flexibility index (Phi) is 3.88. The van der Waals surface area contributed by atoms with Crippen molar-refractivity contribution in [1.29, 1.82) is 0 Å². The highest BCUT2D eigenvalue weighted by molar-refractivity contribution is 6.04. The molecule has 134 valence electrons. The summed E-state index contributed by atoms with van der Waals surface area (Å²) in [5.41, 5.74) is 3.88. The molecule has 0 spiro atoms. The molecule has 0 bridgehead atoms. The first-order chi connectivity index (χ1) is 12.9. The van der Waals surface area contributed by atoms with Gasteiger partial charge in [0, 0.05) is 29.3 Å². The fraction of sp³-hybridized carbons (Fsp3) is 0.158. The minimum absolute atomic E-state index is 0.131. The summed E-state index contributed by atoms with van der Waals surface area (Å²) in [7, 11) is 0. The number of nitrogens with zero attached hydrogens (tertiary/aromatic N) is 6. The second-order valence-electron chi connectivity index (χ2n) is 6.25. The molecule has 0 aromatic carbocycles. The molecule has 0 fully saturated rings. The van der Waals surface area contributed by atoms with Gasteiger partial charge >= 0.3 is 5.97 Å². The van der Waals surface area contributed by atoms with Crippen molar-refractivity contribution in [2.24, 2.45) is 0 Å². The number of hydrogen-bond donors (Lipinski definition) is 1. The van der Waals surface area contributed by atoms with Crippen LogP contribution in [0.5, 0.6) is 0 Å². The maximum absolute atomic E-state index is 11.9. The second kappa shape index (κ2) is 6.24. The number of fused-ring (bicyclic) bond motifs is 1. The number of aryl methyl sites for hydroxylation is 3. The second-order valence-corrected chi connectivity index (χ2v) is 6.25. The predicted molar refractivity (Wildman–Crippen MR) is 98.9 cm³/mol. The van der Waals surface area contributed by atoms with Gasteiger partial charge in [-0.25, -0.2) is 19.7 Å². The van der Waals surface area contributed by atoms with Gasteiger partial charge in [-0.2, -0.15) is 9.78 Å². The highest BCUT2D eigenvalue weighted by atomic mass is 16.4. The third kappa shape index (κ3) is 2.91. The highest BCUT2D eigenvalue weighted by Crippen LogP contribution is 2.28. The molecular formula is C19H16N6O2. The zero-order valence-corrected chi connectivity index (χ0v) is 15.0. The lowest BCUT2D eigenvalue weighted by molar-refractivity contribution is 0.0699. The summed E-state index contributed by atoms with van der Waals surface area (Å²) in [6, 6.07) is 7.01. The SMILES string of the molecule is Cc1cc(C)nc(-n2nc(C)c3c(C(=O)O)cc(-c4cccnc4)nc32)n1. The molecule has 0 saturated carbocycles. The number of carboxylic acid groups (broad SMARTS) is 1. The molecule has 0 amide bonds. The summed E-state index contributed by atoms with van der Waals surface area (Å²) >= 11 is 0. The molecule has 0 unspecified atom stereocenters. The van der Waals surface area contributed by atoms with Gasteiger partial charge in [-0.3, -0.25) is 4.98 Å². The van der Waals surface area contributed by atoms with Gasteiger partial charge in [-0.1, -0.05) is 0 Å². The van der Waals surface area contributed by atoms with Crippen LogP contribution in [-0.2, 0) is 0 Å². The van der Waals surface area contributed by atoms with Gasteiger partial charge in [0.1, 0.15) is 0 Å². The maximum Gasteiger partial charge on any atom is 0.336 e. The lowest BCUT2D eigenvalue weighted by atomic mass is 10.1. The molecule has 8 nitrogen and oxygen atoms in total. The van der Waals surface area contributed by atoms with E-state index in [0.29, 0.717) is 33.9 Å². The normalized spacial score (nSPS) is 11.1. The van der Waals surface area contributed by atoms with Crippen LogP contribution in [0, 0.1) is 20.8 Å². The van der Waals surface area contributed by atoms with Crippen molar-refractivity contribution in [1.82, 2.24) is 29.7 Å². The predicted octanol–water partition coefficient (Wildman–Crippen LogP) is 2.90. The number of hydrogen-bond acceptors (Lipinski definition) is 6. The Bertz CT molecular complexity index is 1160. The van der Waals surface area contributed by atoms with E-state index in [0.717, 1.165) is 11.4 Å². The van der Waals surface area contributed by atoms with E-state index in [2.05, 4.69) is 25.0 Å². The minimum atomic E-state index is -1.04. The fourth-order valence-electron chi connectivity index (χ4n) is 3.06. The van der Waals surface area contributed by atoms with Crippen LogP contribution < -0.4 is 0 Å². The van der Waals surface area contributed by atoms with E-state index in [-0.39, 0.29) is 5.56 Å². The average molecular weight is 360 g/mol. The van der Waals surface area contributed by atoms with Gasteiger partial charge in [0.25, 0.3) is 5.95 Å². The monoisotopic (exact) mass is 360 g/mol. The molecule has 0 aliphatic heterocycles. The minimum Gasteiger partial charge on any atom is -0.478 e. The van der Waals surface area contributed by atoms with Gasteiger partial charge < -0.3 is 5.11 Å².